The van der Waals surface area contributed by atoms with E-state index in [1.54, 1.807) is 0 Å². The highest BCUT2D eigenvalue weighted by Crippen LogP contribution is 2.40. The molecule has 0 heterocycles. The van der Waals surface area contributed by atoms with Crippen molar-refractivity contribution in [2.75, 3.05) is 0 Å². The normalized spacial score (nSPS) is 24.4. The molecule has 172 valence electrons. The summed E-state index contributed by atoms with van der Waals surface area (Å²) < 4.78 is 5.49. The van der Waals surface area contributed by atoms with E-state index in [2.05, 4.69) is 12.1 Å². The van der Waals surface area contributed by atoms with Crippen LogP contribution in [-0.2, 0) is 20.7 Å². The van der Waals surface area contributed by atoms with Crippen LogP contribution in [0.4, 0.5) is 0 Å². The Morgan fingerprint density at radius 2 is 1.90 bits per heavy atom. The second-order valence-electron chi connectivity index (χ2n) is 8.53. The molecular weight excluding hydrogens is 396 g/mol. The molecule has 31 heavy (non-hydrogen) atoms. The molecule has 1 aromatic carbocycles. The minimum Gasteiger partial charge on any atom is -0.481 e. The predicted octanol–water partition coefficient (Wildman–Crippen LogP) is 3.89. The van der Waals surface area contributed by atoms with Gasteiger partial charge < -0.3 is 20.1 Å². The lowest BCUT2D eigenvalue weighted by molar-refractivity contribution is -0.148. The molecule has 1 aliphatic carbocycles. The Kier molecular flexibility index (Phi) is 10.7. The SMILES string of the molecule is CC(=O)O[C@@H]1C[C@H](O)[C@H](C/C=C\CCCC(=O)O)[C@H]1CC[C@@H](O)CCc1ccccc1. The van der Waals surface area contributed by atoms with Crippen LogP contribution in [0.15, 0.2) is 42.5 Å². The molecule has 0 radical (unpaired) electrons. The minimum atomic E-state index is -0.797. The number of aliphatic carboxylic acids is 1. The number of aliphatic hydroxyl groups excluding tert-OH is 2. The summed E-state index contributed by atoms with van der Waals surface area (Å²) in [7, 11) is 0. The van der Waals surface area contributed by atoms with Gasteiger partial charge >= 0.3 is 11.9 Å². The molecule has 6 nitrogen and oxygen atoms in total. The highest BCUT2D eigenvalue weighted by atomic mass is 16.5. The first kappa shape index (κ1) is 25.1. The predicted molar refractivity (Wildman–Crippen MR) is 118 cm³/mol. The number of hydrogen-bond donors (Lipinski definition) is 3. The molecule has 1 fully saturated rings. The zero-order valence-corrected chi connectivity index (χ0v) is 18.4. The van der Waals surface area contributed by atoms with E-state index in [-0.39, 0.29) is 30.3 Å². The third-order valence-electron chi connectivity index (χ3n) is 6.09. The Hall–Kier alpha value is -2.18. The maximum Gasteiger partial charge on any atom is 0.303 e. The number of carboxylic acid groups (broad SMARTS) is 1. The fourth-order valence-electron chi connectivity index (χ4n) is 4.48. The first-order valence-corrected chi connectivity index (χ1v) is 11.3. The van der Waals surface area contributed by atoms with E-state index in [0.717, 1.165) is 6.42 Å². The molecule has 1 saturated carbocycles. The van der Waals surface area contributed by atoms with Crippen molar-refractivity contribution in [1.82, 2.24) is 0 Å². The lowest BCUT2D eigenvalue weighted by Crippen LogP contribution is -2.26. The van der Waals surface area contributed by atoms with Gasteiger partial charge in [-0.3, -0.25) is 9.59 Å². The van der Waals surface area contributed by atoms with Crippen LogP contribution >= 0.6 is 0 Å². The monoisotopic (exact) mass is 432 g/mol. The van der Waals surface area contributed by atoms with Crippen molar-refractivity contribution in [3.63, 3.8) is 0 Å². The summed E-state index contributed by atoms with van der Waals surface area (Å²) in [5.74, 6) is -1.19. The number of ether oxygens (including phenoxy) is 1. The van der Waals surface area contributed by atoms with E-state index in [1.807, 2.05) is 30.4 Å². The van der Waals surface area contributed by atoms with Gasteiger partial charge in [0.05, 0.1) is 12.2 Å². The van der Waals surface area contributed by atoms with Crippen molar-refractivity contribution < 1.29 is 29.6 Å². The number of carbonyl (C=O) groups is 2. The van der Waals surface area contributed by atoms with Crippen molar-refractivity contribution >= 4 is 11.9 Å². The number of hydrogen-bond acceptors (Lipinski definition) is 5. The van der Waals surface area contributed by atoms with E-state index >= 15 is 0 Å². The Morgan fingerprint density at radius 3 is 2.58 bits per heavy atom. The molecule has 0 unspecified atom stereocenters. The molecule has 0 amide bonds. The van der Waals surface area contributed by atoms with Gasteiger partial charge in [-0.05, 0) is 56.4 Å². The van der Waals surface area contributed by atoms with Crippen molar-refractivity contribution in [3.8, 4) is 0 Å². The fraction of sp³-hybridized carbons (Fsp3) is 0.600. The first-order valence-electron chi connectivity index (χ1n) is 11.3. The summed E-state index contributed by atoms with van der Waals surface area (Å²) in [6.07, 6.45) is 7.87. The second kappa shape index (κ2) is 13.3. The first-order chi connectivity index (χ1) is 14.9. The molecular formula is C25H36O6. The van der Waals surface area contributed by atoms with E-state index in [9.17, 15) is 19.8 Å². The van der Waals surface area contributed by atoms with Crippen LogP contribution in [0.2, 0.25) is 0 Å². The van der Waals surface area contributed by atoms with E-state index in [1.165, 1.54) is 12.5 Å². The minimum absolute atomic E-state index is 0.00561. The second-order valence-corrected chi connectivity index (χ2v) is 8.53. The van der Waals surface area contributed by atoms with Gasteiger partial charge in [0.1, 0.15) is 6.10 Å². The van der Waals surface area contributed by atoms with Gasteiger partial charge in [0.2, 0.25) is 0 Å². The maximum atomic E-state index is 11.5. The number of carboxylic acids is 1. The number of allylic oxidation sites excluding steroid dienone is 2. The summed E-state index contributed by atoms with van der Waals surface area (Å²) in [5.41, 5.74) is 1.20. The van der Waals surface area contributed by atoms with Crippen LogP contribution in [0, 0.1) is 11.8 Å². The number of rotatable bonds is 13. The average Bonchev–Trinajstić information content (AvgIpc) is 3.01. The summed E-state index contributed by atoms with van der Waals surface area (Å²) in [5, 5.41) is 29.7. The van der Waals surface area contributed by atoms with Gasteiger partial charge in [-0.25, -0.2) is 0 Å². The summed E-state index contributed by atoms with van der Waals surface area (Å²) in [6, 6.07) is 10.1. The van der Waals surface area contributed by atoms with Crippen LogP contribution < -0.4 is 0 Å². The average molecular weight is 433 g/mol. The van der Waals surface area contributed by atoms with Crippen molar-refractivity contribution in [1.29, 1.82) is 0 Å². The zero-order chi connectivity index (χ0) is 22.6. The molecule has 3 N–H and O–H groups in total. The lowest BCUT2D eigenvalue weighted by atomic mass is 9.85. The highest BCUT2D eigenvalue weighted by molar-refractivity contribution is 5.66. The largest absolute Gasteiger partial charge is 0.481 e. The number of aryl methyl sites for hydroxylation is 1. The quantitative estimate of drug-likeness (QED) is 0.248. The molecule has 6 heteroatoms. The molecule has 2 rings (SSSR count). The van der Waals surface area contributed by atoms with Gasteiger partial charge in [-0.1, -0.05) is 42.5 Å². The molecule has 5 atom stereocenters. The van der Waals surface area contributed by atoms with Gasteiger partial charge in [0.25, 0.3) is 0 Å². The summed E-state index contributed by atoms with van der Waals surface area (Å²) in [6.45, 7) is 1.38. The summed E-state index contributed by atoms with van der Waals surface area (Å²) >= 11 is 0. The van der Waals surface area contributed by atoms with Crippen LogP contribution in [-0.4, -0.2) is 45.6 Å². The zero-order valence-electron chi connectivity index (χ0n) is 18.4. The lowest BCUT2D eigenvalue weighted by Gasteiger charge is -2.25. The van der Waals surface area contributed by atoms with Gasteiger partial charge in [0.15, 0.2) is 0 Å². The standard InChI is InChI=1S/C25H36O6/c1-18(26)31-24-17-23(28)21(11-7-2-3-8-12-25(29)30)22(24)16-15-20(27)14-13-19-9-5-4-6-10-19/h2,4-7,9-10,20-24,27-28H,3,8,11-17H2,1H3,(H,29,30)/b7-2-/t20-,21+,22+,23-,24+/m0/s1. The maximum absolute atomic E-state index is 11.5. The smallest absolute Gasteiger partial charge is 0.303 e. The van der Waals surface area contributed by atoms with Crippen LogP contribution in [0.1, 0.15) is 63.9 Å². The molecule has 1 aromatic rings. The fourth-order valence-corrected chi connectivity index (χ4v) is 4.48. The topological polar surface area (TPSA) is 104 Å². The van der Waals surface area contributed by atoms with Crippen molar-refractivity contribution in [3.05, 3.63) is 48.0 Å². The molecule has 1 aliphatic rings. The van der Waals surface area contributed by atoms with Crippen molar-refractivity contribution in [2.45, 2.75) is 83.0 Å². The molecule has 0 spiro atoms. The Labute approximate surface area is 184 Å². The highest BCUT2D eigenvalue weighted by Gasteiger charge is 2.43. The molecule has 0 bridgehead atoms. The van der Waals surface area contributed by atoms with Crippen LogP contribution in [0.3, 0.4) is 0 Å². The summed E-state index contributed by atoms with van der Waals surface area (Å²) in [4.78, 5) is 22.1. The number of esters is 1. The third kappa shape index (κ3) is 9.23. The van der Waals surface area contributed by atoms with Crippen molar-refractivity contribution in [2.24, 2.45) is 11.8 Å². The van der Waals surface area contributed by atoms with E-state index in [0.29, 0.717) is 44.9 Å². The third-order valence-corrected chi connectivity index (χ3v) is 6.09. The Morgan fingerprint density at radius 1 is 1.16 bits per heavy atom. The number of unbranched alkanes of at least 4 members (excludes halogenated alkanes) is 1. The Balaban J connectivity index is 1.87. The van der Waals surface area contributed by atoms with Gasteiger partial charge in [-0.15, -0.1) is 0 Å². The number of carbonyl (C=O) groups excluding carboxylic acids is 1. The molecule has 0 saturated heterocycles. The van der Waals surface area contributed by atoms with E-state index < -0.39 is 18.2 Å². The molecule has 0 aromatic heterocycles. The number of aliphatic hydroxyl groups is 2. The molecule has 0 aliphatic heterocycles. The van der Waals surface area contributed by atoms with Crippen LogP contribution in [0.25, 0.3) is 0 Å². The van der Waals surface area contributed by atoms with Crippen LogP contribution in [0.5, 0.6) is 0 Å². The number of benzene rings is 1. The Bertz CT molecular complexity index is 701. The van der Waals surface area contributed by atoms with Gasteiger partial charge in [-0.2, -0.15) is 0 Å². The van der Waals surface area contributed by atoms with E-state index in [4.69, 9.17) is 9.84 Å². The van der Waals surface area contributed by atoms with Gasteiger partial charge in [0, 0.05) is 25.7 Å².